The number of nitrogens with two attached hydrogens (primary N) is 3. The largest absolute Gasteiger partial charge is 0.480 e. The summed E-state index contributed by atoms with van der Waals surface area (Å²) in [5, 5.41) is 18.5. The van der Waals surface area contributed by atoms with E-state index in [4.69, 9.17) is 17.2 Å². The highest BCUT2D eigenvalue weighted by Crippen LogP contribution is 2.06. The number of primary amides is 1. The van der Waals surface area contributed by atoms with Crippen LogP contribution in [-0.4, -0.2) is 89.3 Å². The van der Waals surface area contributed by atoms with Gasteiger partial charge >= 0.3 is 5.97 Å². The van der Waals surface area contributed by atoms with Gasteiger partial charge in [0.1, 0.15) is 18.1 Å². The molecular weight excluding hydrogens is 460 g/mol. The number of thioether (sulfide) groups is 1. The topological polar surface area (TPSA) is 261 Å². The number of carboxylic acid groups (broad SMARTS) is 1. The van der Waals surface area contributed by atoms with E-state index >= 15 is 0 Å². The maximum absolute atomic E-state index is 12.7. The van der Waals surface area contributed by atoms with E-state index in [2.05, 4.69) is 26.3 Å². The molecule has 1 aliphatic heterocycles. The quantitative estimate of drug-likeness (QED) is 0.101. The van der Waals surface area contributed by atoms with Gasteiger partial charge in [0, 0.05) is 12.3 Å². The van der Waals surface area contributed by atoms with Crippen molar-refractivity contribution in [1.82, 2.24) is 21.3 Å². The van der Waals surface area contributed by atoms with Gasteiger partial charge in [-0.1, -0.05) is 0 Å². The van der Waals surface area contributed by atoms with E-state index in [1.54, 1.807) is 0 Å². The van der Waals surface area contributed by atoms with E-state index in [9.17, 15) is 33.9 Å². The van der Waals surface area contributed by atoms with Crippen LogP contribution in [0.2, 0.25) is 0 Å². The van der Waals surface area contributed by atoms with Crippen LogP contribution in [0.25, 0.3) is 0 Å². The Hall–Kier alpha value is -3.56. The number of guanidine groups is 1. The van der Waals surface area contributed by atoms with Crippen LogP contribution in [0.4, 0.5) is 0 Å². The number of aliphatic carboxylic acids is 1. The molecule has 3 atom stereocenters. The molecule has 0 aromatic rings. The highest BCUT2D eigenvalue weighted by atomic mass is 32.2. The number of nitrogens with zero attached hydrogens (tertiary/aromatic N) is 1. The van der Waals surface area contributed by atoms with E-state index in [0.29, 0.717) is 6.42 Å². The molecule has 1 rings (SSSR count). The summed E-state index contributed by atoms with van der Waals surface area (Å²) in [6.45, 7) is -0.370. The van der Waals surface area contributed by atoms with E-state index in [1.807, 2.05) is 0 Å². The average Bonchev–Trinajstić information content (AvgIpc) is 2.72. The molecule has 1 aliphatic rings. The first kappa shape index (κ1) is 27.5. The molecule has 0 unspecified atom stereocenters. The molecule has 184 valence electrons. The third kappa shape index (κ3) is 11.0. The zero-order valence-electron chi connectivity index (χ0n) is 17.7. The third-order valence-corrected chi connectivity index (χ3v) is 5.28. The fourth-order valence-electron chi connectivity index (χ4n) is 2.63. The molecule has 11 N–H and O–H groups in total. The number of amides is 5. The number of carbonyl (C=O) groups is 6. The second-order valence-corrected chi connectivity index (χ2v) is 8.02. The molecule has 33 heavy (non-hydrogen) atoms. The van der Waals surface area contributed by atoms with Crippen molar-refractivity contribution in [2.24, 2.45) is 22.2 Å². The first-order chi connectivity index (χ1) is 15.5. The summed E-state index contributed by atoms with van der Waals surface area (Å²) in [7, 11) is 0. The fraction of sp³-hybridized carbons (Fsp3) is 0.588. The molecular formula is C17H28N8O7S. The predicted octanol–water partition coefficient (Wildman–Crippen LogP) is -4.68. The Morgan fingerprint density at radius 3 is 2.30 bits per heavy atom. The van der Waals surface area contributed by atoms with E-state index in [0.717, 1.165) is 11.8 Å². The summed E-state index contributed by atoms with van der Waals surface area (Å²) in [4.78, 5) is 75.8. The molecule has 0 radical (unpaired) electrons. The summed E-state index contributed by atoms with van der Waals surface area (Å²) in [5.41, 5.74) is 15.8. The van der Waals surface area contributed by atoms with Crippen LogP contribution in [0, 0.1) is 0 Å². The van der Waals surface area contributed by atoms with Crippen molar-refractivity contribution in [3.63, 3.8) is 0 Å². The molecule has 16 heteroatoms. The lowest BCUT2D eigenvalue weighted by Crippen LogP contribution is -2.55. The molecule has 0 bridgehead atoms. The SMILES string of the molecule is NC(=O)[C@@H]1CSCC(=O)N[C@H](C(=O)O)CC(=O)NCC(=O)N[C@@H](CCCN=C(N)N)C(=O)N1. The average molecular weight is 489 g/mol. The molecule has 0 spiro atoms. The second kappa shape index (κ2) is 13.8. The van der Waals surface area contributed by atoms with E-state index in [-0.39, 0.29) is 30.4 Å². The van der Waals surface area contributed by atoms with Crippen molar-refractivity contribution >= 4 is 53.2 Å². The van der Waals surface area contributed by atoms with Crippen LogP contribution < -0.4 is 38.5 Å². The standard InChI is InChI=1S/C17H28N8O7S/c18-14(29)10-6-33-7-13(28)24-9(16(31)32)4-11(26)22-5-12(27)23-8(15(30)25-10)2-1-3-21-17(19)20/h8-10H,1-7H2,(H2,18,29)(H,22,26)(H,23,27)(H,24,28)(H,25,30)(H,31,32)(H4,19,20,21)/t8-,9-,10-/m0/s1. The van der Waals surface area contributed by atoms with Crippen LogP contribution >= 0.6 is 11.8 Å². The first-order valence-corrected chi connectivity index (χ1v) is 11.0. The monoisotopic (exact) mass is 488 g/mol. The number of carboxylic acids is 1. The molecule has 1 fully saturated rings. The van der Waals surface area contributed by atoms with Crippen LogP contribution in [0.5, 0.6) is 0 Å². The molecule has 15 nitrogen and oxygen atoms in total. The molecule has 0 aromatic carbocycles. The number of rotatable bonds is 6. The Balaban J connectivity index is 3.00. The second-order valence-electron chi connectivity index (χ2n) is 6.99. The highest BCUT2D eigenvalue weighted by molar-refractivity contribution is 8.00. The van der Waals surface area contributed by atoms with Gasteiger partial charge in [-0.15, -0.1) is 11.8 Å². The zero-order chi connectivity index (χ0) is 25.0. The smallest absolute Gasteiger partial charge is 0.326 e. The van der Waals surface area contributed by atoms with Gasteiger partial charge in [0.15, 0.2) is 5.96 Å². The van der Waals surface area contributed by atoms with Crippen LogP contribution in [0.15, 0.2) is 4.99 Å². The van der Waals surface area contributed by atoms with Gasteiger partial charge < -0.3 is 43.6 Å². The maximum Gasteiger partial charge on any atom is 0.326 e. The predicted molar refractivity (Wildman–Crippen MR) is 117 cm³/mol. The molecule has 0 aliphatic carbocycles. The first-order valence-electron chi connectivity index (χ1n) is 9.80. The van der Waals surface area contributed by atoms with Gasteiger partial charge in [-0.25, -0.2) is 4.79 Å². The molecule has 5 amide bonds. The number of hydrogen-bond acceptors (Lipinski definition) is 8. The summed E-state index contributed by atoms with van der Waals surface area (Å²) in [5.74, 6) is -5.69. The third-order valence-electron chi connectivity index (χ3n) is 4.24. The van der Waals surface area contributed by atoms with Crippen molar-refractivity contribution in [2.45, 2.75) is 37.4 Å². The maximum atomic E-state index is 12.7. The summed E-state index contributed by atoms with van der Waals surface area (Å²) in [6, 6.07) is -3.77. The van der Waals surface area contributed by atoms with Gasteiger partial charge in [0.05, 0.1) is 18.7 Å². The van der Waals surface area contributed by atoms with Crippen molar-refractivity contribution in [1.29, 1.82) is 0 Å². The molecule has 1 saturated heterocycles. The lowest BCUT2D eigenvalue weighted by molar-refractivity contribution is -0.143. The number of carbonyl (C=O) groups excluding carboxylic acids is 5. The van der Waals surface area contributed by atoms with Gasteiger partial charge in [0.2, 0.25) is 29.5 Å². The fourth-order valence-corrected chi connectivity index (χ4v) is 3.50. The Morgan fingerprint density at radius 1 is 1.00 bits per heavy atom. The Kier molecular flexibility index (Phi) is 11.5. The number of aliphatic imine (C=N–C) groups is 1. The van der Waals surface area contributed by atoms with Crippen molar-refractivity contribution in [3.05, 3.63) is 0 Å². The van der Waals surface area contributed by atoms with Crippen LogP contribution in [0.1, 0.15) is 19.3 Å². The van der Waals surface area contributed by atoms with Crippen LogP contribution in [0.3, 0.4) is 0 Å². The lowest BCUT2D eigenvalue weighted by atomic mass is 10.1. The molecule has 1 heterocycles. The van der Waals surface area contributed by atoms with Crippen LogP contribution in [-0.2, 0) is 28.8 Å². The summed E-state index contributed by atoms with van der Waals surface area (Å²) >= 11 is 0.923. The summed E-state index contributed by atoms with van der Waals surface area (Å²) in [6.07, 6.45) is -0.200. The minimum Gasteiger partial charge on any atom is -0.480 e. The van der Waals surface area contributed by atoms with Gasteiger partial charge in [-0.3, -0.25) is 29.0 Å². The minimum atomic E-state index is -1.51. The van der Waals surface area contributed by atoms with Gasteiger partial charge in [-0.05, 0) is 12.8 Å². The lowest BCUT2D eigenvalue weighted by Gasteiger charge is -2.22. The highest BCUT2D eigenvalue weighted by Gasteiger charge is 2.28. The Labute approximate surface area is 193 Å². The zero-order valence-corrected chi connectivity index (χ0v) is 18.5. The van der Waals surface area contributed by atoms with Gasteiger partial charge in [0.25, 0.3) is 0 Å². The van der Waals surface area contributed by atoms with Crippen molar-refractivity contribution in [2.75, 3.05) is 24.6 Å². The normalized spacial score (nSPS) is 23.3. The number of nitrogens with one attached hydrogen (secondary N) is 4. The van der Waals surface area contributed by atoms with Crippen molar-refractivity contribution in [3.8, 4) is 0 Å². The summed E-state index contributed by atoms with van der Waals surface area (Å²) < 4.78 is 0. The minimum absolute atomic E-state index is 0.0820. The Morgan fingerprint density at radius 2 is 1.70 bits per heavy atom. The van der Waals surface area contributed by atoms with Crippen molar-refractivity contribution < 1.29 is 33.9 Å². The van der Waals surface area contributed by atoms with E-state index in [1.165, 1.54) is 0 Å². The van der Waals surface area contributed by atoms with E-state index < -0.39 is 66.6 Å². The number of hydrogen-bond donors (Lipinski definition) is 8. The molecule has 0 aromatic heterocycles. The van der Waals surface area contributed by atoms with Gasteiger partial charge in [-0.2, -0.15) is 0 Å². The molecule has 0 saturated carbocycles. The Bertz CT molecular complexity index is 802.